The molecule has 0 fully saturated rings. The molecule has 1 atom stereocenters. The van der Waals surface area contributed by atoms with Crippen molar-refractivity contribution in [2.75, 3.05) is 20.6 Å². The minimum absolute atomic E-state index is 0.0556. The lowest BCUT2D eigenvalue weighted by atomic mass is 10.1. The standard InChI is InChI=1S/C18H20F4N2O3S2/c1-4-24(17(18(20,21)22)12-5-7-13(19)8-6-12)29(26,27)16-10-9-14(28-16)11-15(25)23(2)3/h5-10,17H,4,11H2,1-3H3. The Hall–Kier alpha value is -1.98. The van der Waals surface area contributed by atoms with Gasteiger partial charge < -0.3 is 4.90 Å². The van der Waals surface area contributed by atoms with Crippen LogP contribution in [-0.4, -0.2) is 50.3 Å². The minimum atomic E-state index is -4.91. The predicted molar refractivity (Wildman–Crippen MR) is 101 cm³/mol. The summed E-state index contributed by atoms with van der Waals surface area (Å²) < 4.78 is 80.6. The van der Waals surface area contributed by atoms with Crippen LogP contribution in [0.3, 0.4) is 0 Å². The Morgan fingerprint density at radius 2 is 1.69 bits per heavy atom. The number of nitrogens with zero attached hydrogens (tertiary/aromatic N) is 2. The summed E-state index contributed by atoms with van der Waals surface area (Å²) in [6.07, 6.45) is -4.97. The fourth-order valence-electron chi connectivity index (χ4n) is 2.67. The molecular weight excluding hydrogens is 432 g/mol. The van der Waals surface area contributed by atoms with E-state index >= 15 is 0 Å². The molecule has 1 aromatic carbocycles. The molecule has 0 aliphatic rings. The summed E-state index contributed by atoms with van der Waals surface area (Å²) >= 11 is 0.750. The van der Waals surface area contributed by atoms with Gasteiger partial charge in [0.15, 0.2) is 0 Å². The predicted octanol–water partition coefficient (Wildman–Crippen LogP) is 3.83. The van der Waals surface area contributed by atoms with Gasteiger partial charge in [0, 0.05) is 25.5 Å². The van der Waals surface area contributed by atoms with Crippen LogP contribution >= 0.6 is 11.3 Å². The minimum Gasteiger partial charge on any atom is -0.349 e. The third kappa shape index (κ3) is 5.34. The number of thiophene rings is 1. The van der Waals surface area contributed by atoms with Crippen molar-refractivity contribution >= 4 is 27.3 Å². The van der Waals surface area contributed by atoms with Gasteiger partial charge in [-0.3, -0.25) is 4.79 Å². The van der Waals surface area contributed by atoms with Gasteiger partial charge in [-0.25, -0.2) is 12.8 Å². The number of hydrogen-bond acceptors (Lipinski definition) is 4. The number of alkyl halides is 3. The molecule has 1 aromatic heterocycles. The Kier molecular flexibility index (Phi) is 7.07. The van der Waals surface area contributed by atoms with Crippen LogP contribution in [0.4, 0.5) is 17.6 Å². The molecule has 1 heterocycles. The zero-order valence-electron chi connectivity index (χ0n) is 15.9. The normalized spacial score (nSPS) is 13.5. The molecule has 5 nitrogen and oxygen atoms in total. The highest BCUT2D eigenvalue weighted by Gasteiger charge is 2.49. The van der Waals surface area contributed by atoms with Crippen molar-refractivity contribution in [2.24, 2.45) is 0 Å². The number of likely N-dealkylation sites (N-methyl/N-ethyl adjacent to an activating group) is 1. The lowest BCUT2D eigenvalue weighted by Crippen LogP contribution is -2.42. The molecular formula is C18H20F4N2O3S2. The van der Waals surface area contributed by atoms with E-state index in [0.29, 0.717) is 9.18 Å². The smallest absolute Gasteiger partial charge is 0.349 e. The van der Waals surface area contributed by atoms with E-state index in [1.54, 1.807) is 14.1 Å². The molecule has 0 bridgehead atoms. The van der Waals surface area contributed by atoms with Gasteiger partial charge in [-0.15, -0.1) is 11.3 Å². The van der Waals surface area contributed by atoms with Crippen molar-refractivity contribution in [2.45, 2.75) is 29.8 Å². The van der Waals surface area contributed by atoms with E-state index in [1.165, 1.54) is 24.0 Å². The van der Waals surface area contributed by atoms with Gasteiger partial charge in [-0.05, 0) is 29.8 Å². The van der Waals surface area contributed by atoms with E-state index in [-0.39, 0.29) is 22.1 Å². The molecule has 0 aliphatic heterocycles. The van der Waals surface area contributed by atoms with Gasteiger partial charge >= 0.3 is 6.18 Å². The van der Waals surface area contributed by atoms with Gasteiger partial charge in [0.25, 0.3) is 10.0 Å². The Morgan fingerprint density at radius 3 is 2.17 bits per heavy atom. The van der Waals surface area contributed by atoms with Crippen molar-refractivity contribution in [3.05, 3.63) is 52.7 Å². The Bertz CT molecular complexity index is 954. The molecule has 2 aromatic rings. The van der Waals surface area contributed by atoms with Gasteiger partial charge in [-0.2, -0.15) is 17.5 Å². The second-order valence-electron chi connectivity index (χ2n) is 6.39. The van der Waals surface area contributed by atoms with E-state index in [9.17, 15) is 30.8 Å². The summed E-state index contributed by atoms with van der Waals surface area (Å²) in [6.45, 7) is 0.845. The molecule has 0 saturated heterocycles. The van der Waals surface area contributed by atoms with Crippen molar-refractivity contribution < 1.29 is 30.8 Å². The number of carbonyl (C=O) groups is 1. The second kappa shape index (κ2) is 8.80. The third-order valence-corrected chi connectivity index (χ3v) is 7.61. The Morgan fingerprint density at radius 1 is 1.10 bits per heavy atom. The second-order valence-corrected chi connectivity index (χ2v) is 9.68. The summed E-state index contributed by atoms with van der Waals surface area (Å²) in [4.78, 5) is 13.6. The lowest BCUT2D eigenvalue weighted by Gasteiger charge is -2.31. The maximum absolute atomic E-state index is 13.8. The van der Waals surface area contributed by atoms with E-state index in [0.717, 1.165) is 35.6 Å². The van der Waals surface area contributed by atoms with E-state index in [4.69, 9.17) is 0 Å². The quantitative estimate of drug-likeness (QED) is 0.600. The maximum atomic E-state index is 13.8. The molecule has 2 rings (SSSR count). The Labute approximate surface area is 170 Å². The van der Waals surface area contributed by atoms with Crippen molar-refractivity contribution in [3.8, 4) is 0 Å². The largest absolute Gasteiger partial charge is 0.409 e. The molecule has 0 aliphatic carbocycles. The fourth-order valence-corrected chi connectivity index (χ4v) is 5.76. The van der Waals surface area contributed by atoms with E-state index in [1.807, 2.05) is 0 Å². The molecule has 0 spiro atoms. The van der Waals surface area contributed by atoms with Crippen LogP contribution in [0, 0.1) is 5.82 Å². The topological polar surface area (TPSA) is 57.7 Å². The molecule has 1 amide bonds. The number of halogens is 4. The number of carbonyl (C=O) groups excluding carboxylic acids is 1. The highest BCUT2D eigenvalue weighted by molar-refractivity contribution is 7.91. The molecule has 11 heteroatoms. The van der Waals surface area contributed by atoms with Crippen molar-refractivity contribution in [3.63, 3.8) is 0 Å². The number of hydrogen-bond donors (Lipinski definition) is 0. The third-order valence-electron chi connectivity index (χ3n) is 4.12. The summed E-state index contributed by atoms with van der Waals surface area (Å²) in [7, 11) is -1.42. The summed E-state index contributed by atoms with van der Waals surface area (Å²) in [5, 5.41) is 0. The first-order chi connectivity index (χ1) is 13.4. The van der Waals surface area contributed by atoms with Crippen molar-refractivity contribution in [1.29, 1.82) is 0 Å². The molecule has 160 valence electrons. The number of benzene rings is 1. The zero-order valence-corrected chi connectivity index (χ0v) is 17.5. The zero-order chi connectivity index (χ0) is 22.0. The number of amides is 1. The van der Waals surface area contributed by atoms with E-state index in [2.05, 4.69) is 0 Å². The van der Waals surface area contributed by atoms with Crippen LogP contribution < -0.4 is 0 Å². The first-order valence-electron chi connectivity index (χ1n) is 8.50. The molecule has 0 saturated carbocycles. The highest BCUT2D eigenvalue weighted by Crippen LogP contribution is 2.41. The van der Waals surface area contributed by atoms with Crippen LogP contribution in [0.5, 0.6) is 0 Å². The van der Waals surface area contributed by atoms with E-state index < -0.39 is 34.6 Å². The number of rotatable bonds is 7. The van der Waals surface area contributed by atoms with Gasteiger partial charge in [-0.1, -0.05) is 19.1 Å². The van der Waals surface area contributed by atoms with Crippen LogP contribution in [0.1, 0.15) is 23.4 Å². The van der Waals surface area contributed by atoms with Crippen LogP contribution in [0.2, 0.25) is 0 Å². The average molecular weight is 452 g/mol. The SMILES string of the molecule is CCN(C(c1ccc(F)cc1)C(F)(F)F)S(=O)(=O)c1ccc(CC(=O)N(C)C)s1. The molecule has 1 unspecified atom stereocenters. The van der Waals surface area contributed by atoms with Gasteiger partial charge in [0.2, 0.25) is 5.91 Å². The lowest BCUT2D eigenvalue weighted by molar-refractivity contribution is -0.173. The molecule has 0 radical (unpaired) electrons. The highest BCUT2D eigenvalue weighted by atomic mass is 32.2. The average Bonchev–Trinajstić information content (AvgIpc) is 3.08. The van der Waals surface area contributed by atoms with Crippen LogP contribution in [-0.2, 0) is 21.2 Å². The number of sulfonamides is 1. The van der Waals surface area contributed by atoms with Gasteiger partial charge in [0.1, 0.15) is 16.1 Å². The summed E-state index contributed by atoms with van der Waals surface area (Å²) in [5.74, 6) is -0.989. The van der Waals surface area contributed by atoms with Crippen molar-refractivity contribution in [1.82, 2.24) is 9.21 Å². The first kappa shape index (κ1) is 23.3. The summed E-state index contributed by atoms with van der Waals surface area (Å²) in [6, 6.07) is 3.68. The van der Waals surface area contributed by atoms with Crippen LogP contribution in [0.15, 0.2) is 40.6 Å². The summed E-state index contributed by atoms with van der Waals surface area (Å²) in [5.41, 5.74) is -0.385. The monoisotopic (exact) mass is 452 g/mol. The molecule has 29 heavy (non-hydrogen) atoms. The Balaban J connectivity index is 2.45. The van der Waals surface area contributed by atoms with Gasteiger partial charge in [0.05, 0.1) is 6.42 Å². The van der Waals surface area contributed by atoms with Crippen LogP contribution in [0.25, 0.3) is 0 Å². The molecule has 0 N–H and O–H groups in total. The maximum Gasteiger partial charge on any atom is 0.409 e. The first-order valence-corrected chi connectivity index (χ1v) is 10.8. The fraction of sp³-hybridized carbons (Fsp3) is 0.389.